The molecule has 1 aromatic heterocycles. The van der Waals surface area contributed by atoms with Crippen molar-refractivity contribution < 1.29 is 19.1 Å². The second-order valence-electron chi connectivity index (χ2n) is 4.46. The zero-order valence-electron chi connectivity index (χ0n) is 9.68. The van der Waals surface area contributed by atoms with Gasteiger partial charge in [0, 0.05) is 12.1 Å². The molecular formula is C12H15NO4. The van der Waals surface area contributed by atoms with Gasteiger partial charge in [-0.05, 0) is 31.7 Å². The normalized spacial score (nSPS) is 14.6. The van der Waals surface area contributed by atoms with Crippen LogP contribution in [0.2, 0.25) is 0 Å². The molecule has 0 atom stereocenters. The molecule has 17 heavy (non-hydrogen) atoms. The Morgan fingerprint density at radius 3 is 2.71 bits per heavy atom. The van der Waals surface area contributed by atoms with Gasteiger partial charge >= 0.3 is 5.97 Å². The molecule has 92 valence electrons. The summed E-state index contributed by atoms with van der Waals surface area (Å²) in [6.45, 7) is 2.01. The summed E-state index contributed by atoms with van der Waals surface area (Å²) in [6.07, 6.45) is 3.58. The minimum Gasteiger partial charge on any atom is -0.480 e. The Morgan fingerprint density at radius 1 is 1.53 bits per heavy atom. The maximum absolute atomic E-state index is 12.1. The maximum atomic E-state index is 12.1. The lowest BCUT2D eigenvalue weighted by Crippen LogP contribution is -2.37. The molecule has 5 heteroatoms. The summed E-state index contributed by atoms with van der Waals surface area (Å²) in [4.78, 5) is 24.2. The van der Waals surface area contributed by atoms with Crippen LogP contribution in [0.25, 0.3) is 0 Å². The van der Waals surface area contributed by atoms with E-state index in [2.05, 4.69) is 0 Å². The van der Waals surface area contributed by atoms with Crippen molar-refractivity contribution in [2.24, 2.45) is 5.92 Å². The van der Waals surface area contributed by atoms with Gasteiger partial charge in [-0.3, -0.25) is 9.59 Å². The van der Waals surface area contributed by atoms with E-state index >= 15 is 0 Å². The van der Waals surface area contributed by atoms with Crippen LogP contribution in [0, 0.1) is 12.8 Å². The molecule has 0 saturated heterocycles. The van der Waals surface area contributed by atoms with E-state index in [1.165, 1.54) is 11.2 Å². The topological polar surface area (TPSA) is 70.8 Å². The van der Waals surface area contributed by atoms with Crippen molar-refractivity contribution in [3.8, 4) is 0 Å². The number of carbonyl (C=O) groups is 2. The van der Waals surface area contributed by atoms with Crippen LogP contribution in [-0.4, -0.2) is 35.0 Å². The summed E-state index contributed by atoms with van der Waals surface area (Å²) in [5.41, 5.74) is 0.737. The molecule has 0 spiro atoms. The van der Waals surface area contributed by atoms with Gasteiger partial charge in [0.15, 0.2) is 5.76 Å². The summed E-state index contributed by atoms with van der Waals surface area (Å²) in [5.74, 6) is -0.634. The third-order valence-electron chi connectivity index (χ3n) is 2.85. The fourth-order valence-electron chi connectivity index (χ4n) is 1.73. The first-order valence-electron chi connectivity index (χ1n) is 5.63. The highest BCUT2D eigenvalue weighted by Crippen LogP contribution is 2.30. The Labute approximate surface area is 99.0 Å². The number of aryl methyl sites for hydroxylation is 1. The van der Waals surface area contributed by atoms with Gasteiger partial charge in [-0.1, -0.05) is 0 Å². The smallest absolute Gasteiger partial charge is 0.323 e. The summed E-state index contributed by atoms with van der Waals surface area (Å²) < 4.78 is 5.11. The number of carbonyl (C=O) groups excluding carboxylic acids is 1. The fraction of sp³-hybridized carbons (Fsp3) is 0.500. The fourth-order valence-corrected chi connectivity index (χ4v) is 1.73. The molecule has 5 nitrogen and oxygen atoms in total. The lowest BCUT2D eigenvalue weighted by Gasteiger charge is -2.19. The van der Waals surface area contributed by atoms with Gasteiger partial charge in [0.05, 0.1) is 6.26 Å². The zero-order valence-corrected chi connectivity index (χ0v) is 9.68. The molecule has 1 aliphatic carbocycles. The standard InChI is InChI=1S/C12H15NO4/c1-8-4-5-17-11(8)12(16)13(7-10(14)15)6-9-2-3-9/h4-5,9H,2-3,6-7H2,1H3,(H,14,15). The highest BCUT2D eigenvalue weighted by Gasteiger charge is 2.30. The van der Waals surface area contributed by atoms with Crippen molar-refractivity contribution in [3.63, 3.8) is 0 Å². The summed E-state index contributed by atoms with van der Waals surface area (Å²) in [5, 5.41) is 8.81. The van der Waals surface area contributed by atoms with E-state index in [0.29, 0.717) is 12.5 Å². The lowest BCUT2D eigenvalue weighted by atomic mass is 10.2. The van der Waals surface area contributed by atoms with Gasteiger partial charge in [-0.15, -0.1) is 0 Å². The van der Waals surface area contributed by atoms with Crippen molar-refractivity contribution in [2.75, 3.05) is 13.1 Å². The zero-order chi connectivity index (χ0) is 12.4. The molecule has 0 unspecified atom stereocenters. The quantitative estimate of drug-likeness (QED) is 0.842. The minimum absolute atomic E-state index is 0.243. The largest absolute Gasteiger partial charge is 0.480 e. The van der Waals surface area contributed by atoms with Crippen LogP contribution in [0.3, 0.4) is 0 Å². The van der Waals surface area contributed by atoms with E-state index in [1.54, 1.807) is 13.0 Å². The van der Waals surface area contributed by atoms with Crippen molar-refractivity contribution in [1.82, 2.24) is 4.90 Å². The van der Waals surface area contributed by atoms with Gasteiger partial charge in [-0.2, -0.15) is 0 Å². The first-order valence-corrected chi connectivity index (χ1v) is 5.63. The highest BCUT2D eigenvalue weighted by atomic mass is 16.4. The molecule has 1 aromatic rings. The third-order valence-corrected chi connectivity index (χ3v) is 2.85. The summed E-state index contributed by atoms with van der Waals surface area (Å²) >= 11 is 0. The number of aliphatic carboxylic acids is 1. The Morgan fingerprint density at radius 2 is 2.24 bits per heavy atom. The molecule has 0 radical (unpaired) electrons. The SMILES string of the molecule is Cc1ccoc1C(=O)N(CC(=O)O)CC1CC1. The summed E-state index contributed by atoms with van der Waals surface area (Å²) in [7, 11) is 0. The highest BCUT2D eigenvalue weighted by molar-refractivity contribution is 5.94. The van der Waals surface area contributed by atoms with Gasteiger partial charge in [0.1, 0.15) is 6.54 Å². The summed E-state index contributed by atoms with van der Waals surface area (Å²) in [6, 6.07) is 1.70. The van der Waals surface area contributed by atoms with Crippen molar-refractivity contribution in [2.45, 2.75) is 19.8 Å². The van der Waals surface area contributed by atoms with E-state index in [1.807, 2.05) is 0 Å². The van der Waals surface area contributed by atoms with Gasteiger partial charge in [-0.25, -0.2) is 0 Å². The average Bonchev–Trinajstić information content (AvgIpc) is 2.97. The number of rotatable bonds is 5. The number of furan rings is 1. The van der Waals surface area contributed by atoms with Crippen LogP contribution in [-0.2, 0) is 4.79 Å². The molecule has 1 N–H and O–H groups in total. The van der Waals surface area contributed by atoms with E-state index in [-0.39, 0.29) is 18.2 Å². The molecule has 0 bridgehead atoms. The van der Waals surface area contributed by atoms with Crippen molar-refractivity contribution in [3.05, 3.63) is 23.7 Å². The van der Waals surface area contributed by atoms with Crippen LogP contribution in [0.1, 0.15) is 29.0 Å². The molecule has 0 aromatic carbocycles. The van der Waals surface area contributed by atoms with Crippen LogP contribution in [0.15, 0.2) is 16.7 Å². The Hall–Kier alpha value is -1.78. The van der Waals surface area contributed by atoms with Crippen LogP contribution < -0.4 is 0 Å². The van der Waals surface area contributed by atoms with Gasteiger partial charge in [0.2, 0.25) is 0 Å². The van der Waals surface area contributed by atoms with Crippen LogP contribution in [0.5, 0.6) is 0 Å². The molecule has 1 saturated carbocycles. The molecular weight excluding hydrogens is 222 g/mol. The number of amides is 1. The molecule has 1 aliphatic rings. The van der Waals surface area contributed by atoms with Gasteiger partial charge < -0.3 is 14.4 Å². The maximum Gasteiger partial charge on any atom is 0.323 e. The second kappa shape index (κ2) is 4.61. The van der Waals surface area contributed by atoms with Crippen molar-refractivity contribution in [1.29, 1.82) is 0 Å². The first kappa shape index (κ1) is 11.7. The molecule has 0 aliphatic heterocycles. The van der Waals surface area contributed by atoms with E-state index in [4.69, 9.17) is 9.52 Å². The van der Waals surface area contributed by atoms with Crippen LogP contribution in [0.4, 0.5) is 0 Å². The van der Waals surface area contributed by atoms with E-state index < -0.39 is 5.97 Å². The molecule has 1 fully saturated rings. The predicted molar refractivity (Wildman–Crippen MR) is 59.7 cm³/mol. The van der Waals surface area contributed by atoms with Gasteiger partial charge in [0.25, 0.3) is 5.91 Å². The molecule has 1 heterocycles. The number of nitrogens with zero attached hydrogens (tertiary/aromatic N) is 1. The number of carboxylic acids is 1. The first-order chi connectivity index (χ1) is 8.08. The monoisotopic (exact) mass is 237 g/mol. The average molecular weight is 237 g/mol. The Kier molecular flexibility index (Phi) is 3.17. The van der Waals surface area contributed by atoms with E-state index in [0.717, 1.165) is 18.4 Å². The molecule has 2 rings (SSSR count). The minimum atomic E-state index is -0.997. The second-order valence-corrected chi connectivity index (χ2v) is 4.46. The number of hydrogen-bond acceptors (Lipinski definition) is 3. The Bertz CT molecular complexity index is 433. The number of hydrogen-bond donors (Lipinski definition) is 1. The molecule has 1 amide bonds. The number of carboxylic acid groups (broad SMARTS) is 1. The third kappa shape index (κ3) is 2.87. The lowest BCUT2D eigenvalue weighted by molar-refractivity contribution is -0.137. The Balaban J connectivity index is 2.10. The van der Waals surface area contributed by atoms with Crippen LogP contribution >= 0.6 is 0 Å². The van der Waals surface area contributed by atoms with Crippen molar-refractivity contribution >= 4 is 11.9 Å². The predicted octanol–water partition coefficient (Wildman–Crippen LogP) is 1.52. The van der Waals surface area contributed by atoms with E-state index in [9.17, 15) is 9.59 Å².